The summed E-state index contributed by atoms with van der Waals surface area (Å²) in [6.07, 6.45) is 6.28. The minimum absolute atomic E-state index is 0.483. The SMILES string of the molecule is Cc1cnc(Nc2cccc(OCCCN(C)C)c2)nc1-c1sc(C)c(C#N)c1-c1cccnc1. The first-order valence-corrected chi connectivity index (χ1v) is 12.2. The first kappa shape index (κ1) is 24.3. The van der Waals surface area contributed by atoms with E-state index in [9.17, 15) is 5.26 Å². The largest absolute Gasteiger partial charge is 0.493 e. The number of nitriles is 1. The summed E-state index contributed by atoms with van der Waals surface area (Å²) >= 11 is 1.57. The molecule has 7 nitrogen and oxygen atoms in total. The van der Waals surface area contributed by atoms with Gasteiger partial charge in [0, 0.05) is 52.9 Å². The van der Waals surface area contributed by atoms with Crippen molar-refractivity contribution < 1.29 is 4.74 Å². The van der Waals surface area contributed by atoms with Gasteiger partial charge in [-0.25, -0.2) is 9.97 Å². The number of ether oxygens (including phenoxy) is 1. The number of hydrogen-bond donors (Lipinski definition) is 1. The molecule has 3 heterocycles. The molecular weight excluding hydrogens is 456 g/mol. The van der Waals surface area contributed by atoms with Crippen molar-refractivity contribution in [3.63, 3.8) is 0 Å². The Hall–Kier alpha value is -3.80. The summed E-state index contributed by atoms with van der Waals surface area (Å²) < 4.78 is 5.90. The Balaban J connectivity index is 1.62. The van der Waals surface area contributed by atoms with E-state index in [1.54, 1.807) is 29.9 Å². The first-order valence-electron chi connectivity index (χ1n) is 11.4. The molecule has 35 heavy (non-hydrogen) atoms. The molecule has 0 unspecified atom stereocenters. The smallest absolute Gasteiger partial charge is 0.227 e. The van der Waals surface area contributed by atoms with Crippen LogP contribution >= 0.6 is 11.3 Å². The second kappa shape index (κ2) is 11.1. The number of anilines is 2. The molecule has 4 aromatic rings. The van der Waals surface area contributed by atoms with Gasteiger partial charge in [-0.3, -0.25) is 4.98 Å². The minimum Gasteiger partial charge on any atom is -0.493 e. The molecule has 178 valence electrons. The lowest BCUT2D eigenvalue weighted by Gasteiger charge is -2.12. The Morgan fingerprint density at radius 2 is 2.00 bits per heavy atom. The van der Waals surface area contributed by atoms with Crippen LogP contribution in [-0.2, 0) is 0 Å². The third-order valence-electron chi connectivity index (χ3n) is 5.44. The van der Waals surface area contributed by atoms with Crippen molar-refractivity contribution in [3.8, 4) is 33.5 Å². The molecule has 0 aliphatic rings. The fourth-order valence-electron chi connectivity index (χ4n) is 3.73. The average Bonchev–Trinajstić information content (AvgIpc) is 3.19. The maximum absolute atomic E-state index is 9.85. The predicted molar refractivity (Wildman–Crippen MR) is 141 cm³/mol. The minimum atomic E-state index is 0.483. The number of benzene rings is 1. The third kappa shape index (κ3) is 5.83. The lowest BCUT2D eigenvalue weighted by Crippen LogP contribution is -2.15. The van der Waals surface area contributed by atoms with Gasteiger partial charge in [0.15, 0.2) is 0 Å². The number of thiophene rings is 1. The van der Waals surface area contributed by atoms with E-state index in [2.05, 4.69) is 40.3 Å². The zero-order valence-corrected chi connectivity index (χ0v) is 21.2. The molecule has 0 fully saturated rings. The highest BCUT2D eigenvalue weighted by Crippen LogP contribution is 2.43. The van der Waals surface area contributed by atoms with Gasteiger partial charge in [-0.2, -0.15) is 5.26 Å². The molecule has 0 bridgehead atoms. The molecule has 1 aromatic carbocycles. The van der Waals surface area contributed by atoms with Crippen molar-refractivity contribution in [1.29, 1.82) is 5.26 Å². The van der Waals surface area contributed by atoms with Crippen molar-refractivity contribution in [3.05, 3.63) is 71.0 Å². The normalized spacial score (nSPS) is 10.9. The van der Waals surface area contributed by atoms with E-state index < -0.39 is 0 Å². The predicted octanol–water partition coefficient (Wildman–Crippen LogP) is 5.83. The van der Waals surface area contributed by atoms with Crippen molar-refractivity contribution in [2.45, 2.75) is 20.3 Å². The molecule has 0 amide bonds. The van der Waals surface area contributed by atoms with Crippen LogP contribution in [0.5, 0.6) is 5.75 Å². The van der Waals surface area contributed by atoms with E-state index in [0.717, 1.165) is 56.5 Å². The van der Waals surface area contributed by atoms with Crippen molar-refractivity contribution in [2.24, 2.45) is 0 Å². The van der Waals surface area contributed by atoms with Gasteiger partial charge in [-0.15, -0.1) is 11.3 Å². The first-order chi connectivity index (χ1) is 17.0. The van der Waals surface area contributed by atoms with Crippen LogP contribution in [0.15, 0.2) is 55.0 Å². The Morgan fingerprint density at radius 1 is 1.14 bits per heavy atom. The molecule has 1 N–H and O–H groups in total. The highest BCUT2D eigenvalue weighted by Gasteiger charge is 2.21. The highest BCUT2D eigenvalue weighted by atomic mass is 32.1. The lowest BCUT2D eigenvalue weighted by molar-refractivity contribution is 0.281. The number of pyridine rings is 1. The van der Waals surface area contributed by atoms with E-state index in [0.29, 0.717) is 18.1 Å². The van der Waals surface area contributed by atoms with Gasteiger partial charge >= 0.3 is 0 Å². The molecule has 0 atom stereocenters. The molecule has 8 heteroatoms. The van der Waals surface area contributed by atoms with Crippen molar-refractivity contribution in [2.75, 3.05) is 32.6 Å². The van der Waals surface area contributed by atoms with Crippen LogP contribution in [0.1, 0.15) is 22.4 Å². The summed E-state index contributed by atoms with van der Waals surface area (Å²) in [5, 5.41) is 13.1. The second-order valence-corrected chi connectivity index (χ2v) is 9.70. The summed E-state index contributed by atoms with van der Waals surface area (Å²) in [5.74, 6) is 1.28. The Kier molecular flexibility index (Phi) is 7.70. The number of rotatable bonds is 9. The van der Waals surface area contributed by atoms with E-state index in [1.165, 1.54) is 0 Å². The molecule has 0 aliphatic heterocycles. The van der Waals surface area contributed by atoms with Crippen LogP contribution < -0.4 is 10.1 Å². The average molecular weight is 485 g/mol. The number of hydrogen-bond acceptors (Lipinski definition) is 8. The van der Waals surface area contributed by atoms with Crippen molar-refractivity contribution >= 4 is 23.0 Å². The second-order valence-electron chi connectivity index (χ2n) is 8.47. The molecule has 0 saturated carbocycles. The maximum Gasteiger partial charge on any atom is 0.227 e. The zero-order chi connectivity index (χ0) is 24.8. The molecule has 0 radical (unpaired) electrons. The third-order valence-corrected chi connectivity index (χ3v) is 6.55. The Bertz CT molecular complexity index is 1340. The van der Waals surface area contributed by atoms with E-state index >= 15 is 0 Å². The van der Waals surface area contributed by atoms with Gasteiger partial charge in [-0.05, 0) is 58.1 Å². The molecule has 3 aromatic heterocycles. The van der Waals surface area contributed by atoms with Crippen LogP contribution in [0.3, 0.4) is 0 Å². The van der Waals surface area contributed by atoms with Gasteiger partial charge in [0.2, 0.25) is 5.95 Å². The monoisotopic (exact) mass is 484 g/mol. The quantitative estimate of drug-likeness (QED) is 0.299. The molecule has 0 spiro atoms. The van der Waals surface area contributed by atoms with E-state index in [1.807, 2.05) is 50.2 Å². The number of nitrogens with zero attached hydrogens (tertiary/aromatic N) is 5. The number of aryl methyl sites for hydroxylation is 2. The summed E-state index contributed by atoms with van der Waals surface area (Å²) in [4.78, 5) is 17.6. The van der Waals surface area contributed by atoms with Crippen molar-refractivity contribution in [1.82, 2.24) is 19.9 Å². The Labute approximate surface area is 210 Å². The Morgan fingerprint density at radius 3 is 2.74 bits per heavy atom. The highest BCUT2D eigenvalue weighted by molar-refractivity contribution is 7.16. The van der Waals surface area contributed by atoms with E-state index in [-0.39, 0.29) is 0 Å². The van der Waals surface area contributed by atoms with Gasteiger partial charge in [0.1, 0.15) is 11.8 Å². The maximum atomic E-state index is 9.85. The fraction of sp³-hybridized carbons (Fsp3) is 0.259. The lowest BCUT2D eigenvalue weighted by atomic mass is 10.0. The molecular formula is C27H28N6OS. The standard InChI is InChI=1S/C27H28N6OS/c1-18-16-30-27(31-21-9-5-10-22(14-21)34-13-7-12-33(3)4)32-25(18)26-24(20-8-6-11-29-17-20)23(15-28)19(2)35-26/h5-6,8-11,14,16-17H,7,12-13H2,1-4H3,(H,30,31,32). The van der Waals surface area contributed by atoms with Crippen LogP contribution in [0, 0.1) is 25.2 Å². The fourth-order valence-corrected chi connectivity index (χ4v) is 4.91. The van der Waals surface area contributed by atoms with Crippen LogP contribution in [0.4, 0.5) is 11.6 Å². The molecule has 0 saturated heterocycles. The summed E-state index contributed by atoms with van der Waals surface area (Å²) in [6, 6.07) is 14.0. The summed E-state index contributed by atoms with van der Waals surface area (Å²) in [6.45, 7) is 5.58. The number of aromatic nitrogens is 3. The molecule has 4 rings (SSSR count). The van der Waals surface area contributed by atoms with Gasteiger partial charge in [0.05, 0.1) is 22.7 Å². The summed E-state index contributed by atoms with van der Waals surface area (Å²) in [7, 11) is 4.11. The number of nitrogens with one attached hydrogen (secondary N) is 1. The topological polar surface area (TPSA) is 87.0 Å². The molecule has 0 aliphatic carbocycles. The van der Waals surface area contributed by atoms with Crippen LogP contribution in [-0.4, -0.2) is 47.1 Å². The van der Waals surface area contributed by atoms with Gasteiger partial charge < -0.3 is 15.0 Å². The van der Waals surface area contributed by atoms with Crippen LogP contribution in [0.25, 0.3) is 21.7 Å². The van der Waals surface area contributed by atoms with Crippen LogP contribution in [0.2, 0.25) is 0 Å². The van der Waals surface area contributed by atoms with Gasteiger partial charge in [-0.1, -0.05) is 12.1 Å². The zero-order valence-electron chi connectivity index (χ0n) is 20.4. The summed E-state index contributed by atoms with van der Waals surface area (Å²) in [5.41, 5.74) is 5.00. The van der Waals surface area contributed by atoms with E-state index in [4.69, 9.17) is 9.72 Å². The van der Waals surface area contributed by atoms with Gasteiger partial charge in [0.25, 0.3) is 0 Å².